The van der Waals surface area contributed by atoms with E-state index in [9.17, 15) is 0 Å². The van der Waals surface area contributed by atoms with E-state index in [-0.39, 0.29) is 0 Å². The Labute approximate surface area is 322 Å². The number of rotatable bonds is 6. The Hall–Kier alpha value is -7.63. The summed E-state index contributed by atoms with van der Waals surface area (Å²) in [7, 11) is 0. The van der Waals surface area contributed by atoms with E-state index >= 15 is 0 Å². The van der Waals surface area contributed by atoms with E-state index in [2.05, 4.69) is 120 Å². The van der Waals surface area contributed by atoms with Crippen LogP contribution in [-0.4, -0.2) is 15.0 Å². The zero-order valence-corrected chi connectivity index (χ0v) is 30.1. The molecule has 0 atom stereocenters. The molecule has 262 valence electrons. The van der Waals surface area contributed by atoms with Gasteiger partial charge in [-0.2, -0.15) is 0 Å². The molecule has 0 aliphatic carbocycles. The van der Waals surface area contributed by atoms with Gasteiger partial charge in [0.15, 0.2) is 5.82 Å². The van der Waals surface area contributed by atoms with Gasteiger partial charge < -0.3 is 8.83 Å². The van der Waals surface area contributed by atoms with Crippen molar-refractivity contribution in [3.63, 3.8) is 0 Å². The molecule has 5 heteroatoms. The van der Waals surface area contributed by atoms with E-state index in [1.807, 2.05) is 72.9 Å². The van der Waals surface area contributed by atoms with Crippen LogP contribution in [0.25, 0.3) is 111 Å². The topological polar surface area (TPSA) is 65.0 Å². The number of hydrogen-bond donors (Lipinski definition) is 0. The molecule has 0 spiro atoms. The van der Waals surface area contributed by atoms with Gasteiger partial charge in [0.05, 0.1) is 17.1 Å². The van der Waals surface area contributed by atoms with Crippen LogP contribution in [0.1, 0.15) is 0 Å². The Morgan fingerprint density at radius 3 is 1.45 bits per heavy atom. The summed E-state index contributed by atoms with van der Waals surface area (Å²) >= 11 is 0. The van der Waals surface area contributed by atoms with Gasteiger partial charge >= 0.3 is 0 Å². The van der Waals surface area contributed by atoms with E-state index in [0.29, 0.717) is 5.82 Å². The molecule has 0 unspecified atom stereocenters. The Balaban J connectivity index is 1.13. The van der Waals surface area contributed by atoms with Crippen LogP contribution in [0.4, 0.5) is 0 Å². The fourth-order valence-corrected chi connectivity index (χ4v) is 7.75. The molecule has 0 aliphatic heterocycles. The van der Waals surface area contributed by atoms with Gasteiger partial charge in [0.25, 0.3) is 0 Å². The van der Waals surface area contributed by atoms with Gasteiger partial charge in [-0.15, -0.1) is 0 Å². The Morgan fingerprint density at radius 1 is 0.286 bits per heavy atom. The first-order chi connectivity index (χ1) is 27.7. The van der Waals surface area contributed by atoms with E-state index < -0.39 is 0 Å². The van der Waals surface area contributed by atoms with Gasteiger partial charge in [-0.1, -0.05) is 103 Å². The summed E-state index contributed by atoms with van der Waals surface area (Å²) in [5.41, 5.74) is 14.3. The van der Waals surface area contributed by atoms with Crippen LogP contribution >= 0.6 is 0 Å². The number of pyridine rings is 1. The fourth-order valence-electron chi connectivity index (χ4n) is 7.75. The lowest BCUT2D eigenvalue weighted by atomic mass is 9.93. The second-order valence-electron chi connectivity index (χ2n) is 14.0. The first-order valence-electron chi connectivity index (χ1n) is 18.7. The summed E-state index contributed by atoms with van der Waals surface area (Å²) in [6.45, 7) is 0. The molecular formula is C51H31N3O2. The molecule has 4 heterocycles. The van der Waals surface area contributed by atoms with Crippen molar-refractivity contribution in [1.29, 1.82) is 0 Å². The van der Waals surface area contributed by atoms with Crippen molar-refractivity contribution in [2.45, 2.75) is 0 Å². The van der Waals surface area contributed by atoms with Crippen molar-refractivity contribution in [2.75, 3.05) is 0 Å². The molecule has 56 heavy (non-hydrogen) atoms. The Kier molecular flexibility index (Phi) is 7.42. The molecule has 4 aromatic heterocycles. The van der Waals surface area contributed by atoms with Gasteiger partial charge in [-0.3, -0.25) is 4.98 Å². The van der Waals surface area contributed by atoms with Crippen molar-refractivity contribution in [3.8, 4) is 67.4 Å². The maximum atomic E-state index is 6.22. The number of hydrogen-bond acceptors (Lipinski definition) is 5. The summed E-state index contributed by atoms with van der Waals surface area (Å²) in [6.07, 6.45) is 1.82. The summed E-state index contributed by atoms with van der Waals surface area (Å²) in [5, 5.41) is 4.36. The van der Waals surface area contributed by atoms with Gasteiger partial charge in [-0.05, 0) is 101 Å². The SMILES string of the molecule is c1ccc(-c2cc(-c3cc(-c4ccc5oc6ccccc6c5c4)cc(-c4ccc5oc6ccccc6c5c4)c3)nc(-c3cccc(-c4ccccn4)c3)n2)cc1. The summed E-state index contributed by atoms with van der Waals surface area (Å²) in [5.74, 6) is 0.642. The van der Waals surface area contributed by atoms with E-state index in [1.165, 1.54) is 0 Å². The molecule has 0 saturated heterocycles. The minimum Gasteiger partial charge on any atom is -0.456 e. The van der Waals surface area contributed by atoms with Gasteiger partial charge in [0.1, 0.15) is 22.3 Å². The van der Waals surface area contributed by atoms with Crippen molar-refractivity contribution in [2.24, 2.45) is 0 Å². The maximum Gasteiger partial charge on any atom is 0.160 e. The molecule has 0 bridgehead atoms. The van der Waals surface area contributed by atoms with Crippen LogP contribution in [-0.2, 0) is 0 Å². The van der Waals surface area contributed by atoms with Crippen molar-refractivity contribution in [3.05, 3.63) is 188 Å². The molecule has 0 amide bonds. The molecule has 11 aromatic rings. The van der Waals surface area contributed by atoms with Crippen LogP contribution in [0.3, 0.4) is 0 Å². The van der Waals surface area contributed by atoms with Crippen LogP contribution in [0.15, 0.2) is 197 Å². The number of benzene rings is 7. The first-order valence-corrected chi connectivity index (χ1v) is 18.7. The van der Waals surface area contributed by atoms with Crippen LogP contribution in [0.5, 0.6) is 0 Å². The van der Waals surface area contributed by atoms with E-state index in [1.54, 1.807) is 0 Å². The number of para-hydroxylation sites is 2. The average Bonchev–Trinajstić information content (AvgIpc) is 3.84. The molecule has 7 aromatic carbocycles. The van der Waals surface area contributed by atoms with Crippen molar-refractivity contribution in [1.82, 2.24) is 15.0 Å². The molecule has 5 nitrogen and oxygen atoms in total. The second kappa shape index (κ2) is 13.0. The molecular weight excluding hydrogens is 687 g/mol. The maximum absolute atomic E-state index is 6.22. The van der Waals surface area contributed by atoms with E-state index in [4.69, 9.17) is 18.8 Å². The number of furan rings is 2. The monoisotopic (exact) mass is 717 g/mol. The standard InChI is InChI=1S/C51H31N3O2/c1-2-11-32(12-3-1)45-31-46(54-51(53-45)36-14-10-13-35(25-36)44-17-8-9-24-52-44)39-27-37(33-20-22-49-42(29-33)40-15-4-6-18-47(40)55-49)26-38(28-39)34-21-23-50-43(30-34)41-16-5-7-19-48(41)56-50/h1-31H. The lowest BCUT2D eigenvalue weighted by Crippen LogP contribution is -1.97. The number of fused-ring (bicyclic) bond motifs is 6. The second-order valence-corrected chi connectivity index (χ2v) is 14.0. The molecule has 0 saturated carbocycles. The lowest BCUT2D eigenvalue weighted by molar-refractivity contribution is 0.668. The smallest absolute Gasteiger partial charge is 0.160 e. The minimum absolute atomic E-state index is 0.642. The highest BCUT2D eigenvalue weighted by atomic mass is 16.3. The molecule has 0 fully saturated rings. The van der Waals surface area contributed by atoms with Crippen LogP contribution < -0.4 is 0 Å². The zero-order chi connectivity index (χ0) is 37.0. The van der Waals surface area contributed by atoms with Gasteiger partial charge in [-0.25, -0.2) is 9.97 Å². The normalized spacial score (nSPS) is 11.6. The predicted molar refractivity (Wildman–Crippen MR) is 227 cm³/mol. The molecule has 0 N–H and O–H groups in total. The highest BCUT2D eigenvalue weighted by Crippen LogP contribution is 2.39. The zero-order valence-electron chi connectivity index (χ0n) is 30.1. The summed E-state index contributed by atoms with van der Waals surface area (Å²) in [6, 6.07) is 62.7. The van der Waals surface area contributed by atoms with Gasteiger partial charge in [0, 0.05) is 50.0 Å². The molecule has 0 aliphatic rings. The highest BCUT2D eigenvalue weighted by Gasteiger charge is 2.16. The van der Waals surface area contributed by atoms with Crippen molar-refractivity contribution < 1.29 is 8.83 Å². The molecule has 11 rings (SSSR count). The summed E-state index contributed by atoms with van der Waals surface area (Å²) in [4.78, 5) is 15.1. The van der Waals surface area contributed by atoms with E-state index in [0.717, 1.165) is 105 Å². The predicted octanol–water partition coefficient (Wildman–Crippen LogP) is 13.7. The van der Waals surface area contributed by atoms with Crippen molar-refractivity contribution >= 4 is 43.9 Å². The summed E-state index contributed by atoms with van der Waals surface area (Å²) < 4.78 is 12.4. The fraction of sp³-hybridized carbons (Fsp3) is 0. The minimum atomic E-state index is 0.642. The number of nitrogens with zero attached hydrogens (tertiary/aromatic N) is 3. The Bertz CT molecular complexity index is 3120. The third-order valence-corrected chi connectivity index (χ3v) is 10.5. The van der Waals surface area contributed by atoms with Crippen LogP contribution in [0, 0.1) is 0 Å². The third kappa shape index (κ3) is 5.62. The highest BCUT2D eigenvalue weighted by molar-refractivity contribution is 6.07. The first kappa shape index (κ1) is 31.9. The van der Waals surface area contributed by atoms with Crippen LogP contribution in [0.2, 0.25) is 0 Å². The number of aromatic nitrogens is 3. The quantitative estimate of drug-likeness (QED) is 0.171. The average molecular weight is 718 g/mol. The lowest BCUT2D eigenvalue weighted by Gasteiger charge is -2.14. The Morgan fingerprint density at radius 2 is 0.804 bits per heavy atom. The molecule has 0 radical (unpaired) electrons. The largest absolute Gasteiger partial charge is 0.456 e. The third-order valence-electron chi connectivity index (χ3n) is 10.5. The van der Waals surface area contributed by atoms with Gasteiger partial charge in [0.2, 0.25) is 0 Å².